The first-order chi connectivity index (χ1) is 12.6. The number of nitrogens with zero attached hydrogens (tertiary/aromatic N) is 3. The smallest absolute Gasteiger partial charge is 0.273 e. The molecule has 7 heteroatoms. The highest BCUT2D eigenvalue weighted by Crippen LogP contribution is 2.24. The SMILES string of the molecule is COc1ccccc1NC(=O)c1cc2nc(-c3ccc(C)cc3)nn2[nH]1. The van der Waals surface area contributed by atoms with Gasteiger partial charge in [-0.15, -0.1) is 5.10 Å². The number of nitrogens with one attached hydrogen (secondary N) is 2. The molecule has 4 rings (SSSR count). The average molecular weight is 347 g/mol. The molecule has 26 heavy (non-hydrogen) atoms. The van der Waals surface area contributed by atoms with E-state index >= 15 is 0 Å². The minimum Gasteiger partial charge on any atom is -0.495 e. The van der Waals surface area contributed by atoms with Crippen LogP contribution in [0.25, 0.3) is 17.0 Å². The van der Waals surface area contributed by atoms with E-state index < -0.39 is 0 Å². The van der Waals surface area contributed by atoms with Gasteiger partial charge in [0.15, 0.2) is 11.5 Å². The number of hydrogen-bond acceptors (Lipinski definition) is 4. The van der Waals surface area contributed by atoms with Gasteiger partial charge in [0.2, 0.25) is 0 Å². The molecule has 0 saturated carbocycles. The predicted octanol–water partition coefficient (Wildman–Crippen LogP) is 3.29. The highest BCUT2D eigenvalue weighted by Gasteiger charge is 2.15. The lowest BCUT2D eigenvalue weighted by molar-refractivity contribution is 0.102. The van der Waals surface area contributed by atoms with Crippen LogP contribution in [0.3, 0.4) is 0 Å². The van der Waals surface area contributed by atoms with E-state index in [-0.39, 0.29) is 5.91 Å². The number of rotatable bonds is 4. The van der Waals surface area contributed by atoms with E-state index in [9.17, 15) is 4.79 Å². The lowest BCUT2D eigenvalue weighted by atomic mass is 10.1. The van der Waals surface area contributed by atoms with Crippen molar-refractivity contribution in [1.82, 2.24) is 19.8 Å². The first-order valence-electron chi connectivity index (χ1n) is 8.11. The van der Waals surface area contributed by atoms with Crippen molar-refractivity contribution in [2.75, 3.05) is 12.4 Å². The Kier molecular flexibility index (Phi) is 3.89. The fourth-order valence-corrected chi connectivity index (χ4v) is 2.65. The summed E-state index contributed by atoms with van der Waals surface area (Å²) in [4.78, 5) is 16.9. The molecule has 0 saturated heterocycles. The van der Waals surface area contributed by atoms with Crippen LogP contribution in [0.2, 0.25) is 0 Å². The second kappa shape index (κ2) is 6.36. The van der Waals surface area contributed by atoms with Gasteiger partial charge in [-0.3, -0.25) is 9.89 Å². The first-order valence-corrected chi connectivity index (χ1v) is 8.11. The van der Waals surface area contributed by atoms with Crippen LogP contribution in [0.15, 0.2) is 54.6 Å². The van der Waals surface area contributed by atoms with Crippen molar-refractivity contribution in [2.24, 2.45) is 0 Å². The van der Waals surface area contributed by atoms with Gasteiger partial charge < -0.3 is 10.1 Å². The van der Waals surface area contributed by atoms with Crippen LogP contribution in [0, 0.1) is 6.92 Å². The zero-order chi connectivity index (χ0) is 18.1. The molecular formula is C19H17N5O2. The maximum absolute atomic E-state index is 12.5. The van der Waals surface area contributed by atoms with Crippen LogP contribution in [0.5, 0.6) is 5.75 Å². The summed E-state index contributed by atoms with van der Waals surface area (Å²) in [6.45, 7) is 2.03. The Morgan fingerprint density at radius 2 is 1.92 bits per heavy atom. The molecule has 0 atom stereocenters. The summed E-state index contributed by atoms with van der Waals surface area (Å²) in [5.74, 6) is 0.906. The third-order valence-corrected chi connectivity index (χ3v) is 4.04. The average Bonchev–Trinajstić information content (AvgIpc) is 3.22. The summed E-state index contributed by atoms with van der Waals surface area (Å²) in [6, 6.07) is 16.9. The van der Waals surface area contributed by atoms with E-state index in [4.69, 9.17) is 4.74 Å². The number of para-hydroxylation sites is 2. The summed E-state index contributed by atoms with van der Waals surface area (Å²) < 4.78 is 6.74. The largest absolute Gasteiger partial charge is 0.495 e. The molecule has 1 amide bonds. The number of hydrogen-bond donors (Lipinski definition) is 2. The van der Waals surface area contributed by atoms with Crippen molar-refractivity contribution in [3.63, 3.8) is 0 Å². The number of fused-ring (bicyclic) bond motifs is 1. The summed E-state index contributed by atoms with van der Waals surface area (Å²) in [5.41, 5.74) is 3.63. The lowest BCUT2D eigenvalue weighted by Crippen LogP contribution is -2.13. The molecule has 0 spiro atoms. The third kappa shape index (κ3) is 2.90. The number of aromatic nitrogens is 4. The number of ether oxygens (including phenoxy) is 1. The number of aromatic amines is 1. The van der Waals surface area contributed by atoms with Crippen LogP contribution >= 0.6 is 0 Å². The van der Waals surface area contributed by atoms with Crippen LogP contribution < -0.4 is 10.1 Å². The normalized spacial score (nSPS) is 10.8. The van der Waals surface area contributed by atoms with Crippen molar-refractivity contribution in [3.05, 3.63) is 65.9 Å². The highest BCUT2D eigenvalue weighted by molar-refractivity contribution is 6.04. The lowest BCUT2D eigenvalue weighted by Gasteiger charge is -2.08. The van der Waals surface area contributed by atoms with Crippen LogP contribution in [0.1, 0.15) is 16.1 Å². The molecule has 130 valence electrons. The minimum atomic E-state index is -0.293. The van der Waals surface area contributed by atoms with Crippen LogP contribution in [-0.4, -0.2) is 32.8 Å². The Hall–Kier alpha value is -3.61. The second-order valence-corrected chi connectivity index (χ2v) is 5.90. The minimum absolute atomic E-state index is 0.293. The van der Waals surface area contributed by atoms with E-state index in [0.717, 1.165) is 5.56 Å². The molecule has 2 aromatic carbocycles. The molecule has 2 heterocycles. The second-order valence-electron chi connectivity index (χ2n) is 5.90. The molecule has 0 aliphatic carbocycles. The van der Waals surface area contributed by atoms with Crippen molar-refractivity contribution >= 4 is 17.2 Å². The first kappa shape index (κ1) is 15.9. The van der Waals surface area contributed by atoms with E-state index in [1.54, 1.807) is 25.3 Å². The predicted molar refractivity (Wildman–Crippen MR) is 98.5 cm³/mol. The van der Waals surface area contributed by atoms with Gasteiger partial charge in [0.25, 0.3) is 5.91 Å². The summed E-state index contributed by atoms with van der Waals surface area (Å²) in [5, 5.41) is 10.2. The van der Waals surface area contributed by atoms with Crippen molar-refractivity contribution in [1.29, 1.82) is 0 Å². The van der Waals surface area contributed by atoms with Gasteiger partial charge in [-0.25, -0.2) is 4.98 Å². The van der Waals surface area contributed by atoms with Gasteiger partial charge in [-0.05, 0) is 19.1 Å². The van der Waals surface area contributed by atoms with Crippen LogP contribution in [0.4, 0.5) is 5.69 Å². The number of H-pyrrole nitrogens is 1. The molecule has 2 aromatic heterocycles. The maximum Gasteiger partial charge on any atom is 0.273 e. The van der Waals surface area contributed by atoms with E-state index in [1.807, 2.05) is 43.3 Å². The molecule has 0 aliphatic heterocycles. The molecular weight excluding hydrogens is 330 g/mol. The zero-order valence-electron chi connectivity index (χ0n) is 14.4. The molecule has 0 unspecified atom stereocenters. The topological polar surface area (TPSA) is 84.3 Å². The molecule has 4 aromatic rings. The Bertz CT molecular complexity index is 1050. The number of methoxy groups -OCH3 is 1. The standard InChI is InChI=1S/C19H17N5O2/c1-12-7-9-13(10-8-12)18-21-17-11-15(22-24(17)23-18)19(25)20-14-5-3-4-6-16(14)26-2/h3-11,22H,1-2H3,(H,20,25). The molecule has 0 aliphatic rings. The van der Waals surface area contributed by atoms with Gasteiger partial charge >= 0.3 is 0 Å². The Labute approximate surface area is 149 Å². The highest BCUT2D eigenvalue weighted by atomic mass is 16.5. The number of carbonyl (C=O) groups excluding carboxylic acids is 1. The molecule has 7 nitrogen and oxygen atoms in total. The number of carbonyl (C=O) groups is 1. The fraction of sp³-hybridized carbons (Fsp3) is 0.105. The van der Waals surface area contributed by atoms with Crippen LogP contribution in [-0.2, 0) is 0 Å². The monoisotopic (exact) mass is 347 g/mol. The zero-order valence-corrected chi connectivity index (χ0v) is 14.4. The van der Waals surface area contributed by atoms with Gasteiger partial charge in [0, 0.05) is 11.6 Å². The van der Waals surface area contributed by atoms with Crippen molar-refractivity contribution in [2.45, 2.75) is 6.92 Å². The number of benzene rings is 2. The molecule has 0 radical (unpaired) electrons. The Morgan fingerprint density at radius 3 is 2.65 bits per heavy atom. The van der Waals surface area contributed by atoms with E-state index in [0.29, 0.717) is 28.6 Å². The Balaban J connectivity index is 1.59. The van der Waals surface area contributed by atoms with Crippen molar-refractivity contribution in [3.8, 4) is 17.1 Å². The Morgan fingerprint density at radius 1 is 1.15 bits per heavy atom. The quantitative estimate of drug-likeness (QED) is 0.593. The van der Waals surface area contributed by atoms with Gasteiger partial charge in [0.1, 0.15) is 11.4 Å². The number of amides is 1. The fourth-order valence-electron chi connectivity index (χ4n) is 2.65. The summed E-state index contributed by atoms with van der Waals surface area (Å²) in [7, 11) is 1.56. The number of aryl methyl sites for hydroxylation is 1. The van der Waals surface area contributed by atoms with E-state index in [1.165, 1.54) is 10.2 Å². The number of anilines is 1. The van der Waals surface area contributed by atoms with E-state index in [2.05, 4.69) is 20.5 Å². The summed E-state index contributed by atoms with van der Waals surface area (Å²) in [6.07, 6.45) is 0. The maximum atomic E-state index is 12.5. The third-order valence-electron chi connectivity index (χ3n) is 4.04. The summed E-state index contributed by atoms with van der Waals surface area (Å²) >= 11 is 0. The molecule has 0 fully saturated rings. The van der Waals surface area contributed by atoms with Crippen molar-refractivity contribution < 1.29 is 9.53 Å². The molecule has 0 bridgehead atoms. The van der Waals surface area contributed by atoms with Gasteiger partial charge in [-0.2, -0.15) is 4.63 Å². The molecule has 2 N–H and O–H groups in total. The van der Waals surface area contributed by atoms with Gasteiger partial charge in [-0.1, -0.05) is 42.0 Å². The van der Waals surface area contributed by atoms with Gasteiger partial charge in [0.05, 0.1) is 12.8 Å².